The second-order valence-corrected chi connectivity index (χ2v) is 2.27. The van der Waals surface area contributed by atoms with E-state index in [0.717, 1.165) is 5.33 Å². The lowest BCUT2D eigenvalue weighted by molar-refractivity contribution is 0.688. The average molecular weight is 162 g/mol. The molecule has 0 aromatic rings. The average Bonchev–Trinajstić information content (AvgIpc) is 1.68. The summed E-state index contributed by atoms with van der Waals surface area (Å²) in [5, 5.41) is 9.03. The highest BCUT2D eigenvalue weighted by molar-refractivity contribution is 9.09. The summed E-state index contributed by atoms with van der Waals surface area (Å²) in [5.74, 6) is 0.505. The Bertz CT molecular complexity index is 74.6. The minimum atomic E-state index is 0.505. The molecule has 0 amide bonds. The van der Waals surface area contributed by atoms with Crippen LogP contribution in [0.15, 0.2) is 0 Å². The van der Waals surface area contributed by atoms with Crippen molar-refractivity contribution < 1.29 is 0 Å². The van der Waals surface area contributed by atoms with E-state index in [1.165, 1.54) is 0 Å². The molecule has 40 valence electrons. The van der Waals surface area contributed by atoms with E-state index in [1.807, 2.05) is 6.92 Å². The molecule has 0 bridgehead atoms. The molecular formula is C5H8BrN. The van der Waals surface area contributed by atoms with Gasteiger partial charge in [0.05, 0.1) is 6.07 Å². The van der Waals surface area contributed by atoms with E-state index in [9.17, 15) is 0 Å². The number of alkyl halides is 1. The van der Waals surface area contributed by atoms with Crippen molar-refractivity contribution in [1.82, 2.24) is 0 Å². The van der Waals surface area contributed by atoms with Crippen LogP contribution in [0.2, 0.25) is 0 Å². The van der Waals surface area contributed by atoms with Crippen molar-refractivity contribution in [3.05, 3.63) is 0 Å². The van der Waals surface area contributed by atoms with Gasteiger partial charge in [0, 0.05) is 11.8 Å². The summed E-state index contributed by atoms with van der Waals surface area (Å²) in [4.78, 5) is 0. The van der Waals surface area contributed by atoms with Crippen LogP contribution in [0.4, 0.5) is 0 Å². The Morgan fingerprint density at radius 3 is 2.57 bits per heavy atom. The Morgan fingerprint density at radius 2 is 2.43 bits per heavy atom. The molecule has 0 aromatic heterocycles. The van der Waals surface area contributed by atoms with Gasteiger partial charge in [-0.2, -0.15) is 5.26 Å². The van der Waals surface area contributed by atoms with Crippen molar-refractivity contribution in [1.29, 1.82) is 5.26 Å². The highest BCUT2D eigenvalue weighted by Gasteiger charge is 1.94. The molecule has 0 aliphatic heterocycles. The number of hydrogen-bond donors (Lipinski definition) is 0. The van der Waals surface area contributed by atoms with Gasteiger partial charge in [-0.3, -0.25) is 0 Å². The minimum Gasteiger partial charge on any atom is -0.198 e. The van der Waals surface area contributed by atoms with Gasteiger partial charge >= 0.3 is 0 Å². The first-order chi connectivity index (χ1) is 3.31. The molecular weight excluding hydrogens is 154 g/mol. The van der Waals surface area contributed by atoms with Crippen LogP contribution in [0.1, 0.15) is 13.3 Å². The summed E-state index contributed by atoms with van der Waals surface area (Å²) in [6, 6.07) is 2.09. The van der Waals surface area contributed by atoms with Gasteiger partial charge in [0.25, 0.3) is 0 Å². The standard InChI is InChI=1S/C5H8BrN/c1-5(4-6)2-3-7/h5H,2,4H2,1H3/t5-/m0/s1. The molecule has 7 heavy (non-hydrogen) atoms. The van der Waals surface area contributed by atoms with Gasteiger partial charge < -0.3 is 0 Å². The zero-order chi connectivity index (χ0) is 5.70. The molecule has 0 fully saturated rings. The lowest BCUT2D eigenvalue weighted by Gasteiger charge is -1.95. The predicted octanol–water partition coefficient (Wildman–Crippen LogP) is 1.93. The van der Waals surface area contributed by atoms with E-state index in [2.05, 4.69) is 22.0 Å². The highest BCUT2D eigenvalue weighted by atomic mass is 79.9. The van der Waals surface area contributed by atoms with E-state index in [4.69, 9.17) is 5.26 Å². The van der Waals surface area contributed by atoms with Gasteiger partial charge in [-0.25, -0.2) is 0 Å². The molecule has 0 heterocycles. The molecule has 0 unspecified atom stereocenters. The first-order valence-corrected chi connectivity index (χ1v) is 3.36. The molecule has 2 heteroatoms. The molecule has 0 spiro atoms. The predicted molar refractivity (Wildman–Crippen MR) is 33.2 cm³/mol. The molecule has 1 atom stereocenters. The van der Waals surface area contributed by atoms with Crippen LogP contribution in [0, 0.1) is 17.2 Å². The van der Waals surface area contributed by atoms with Gasteiger partial charge in [-0.1, -0.05) is 22.9 Å². The molecule has 0 saturated carbocycles. The Morgan fingerprint density at radius 1 is 1.86 bits per heavy atom. The van der Waals surface area contributed by atoms with Crippen LogP contribution in [0.25, 0.3) is 0 Å². The highest BCUT2D eigenvalue weighted by Crippen LogP contribution is 2.02. The topological polar surface area (TPSA) is 23.8 Å². The van der Waals surface area contributed by atoms with Crippen LogP contribution in [-0.2, 0) is 0 Å². The van der Waals surface area contributed by atoms with Crippen molar-refractivity contribution >= 4 is 15.9 Å². The number of halogens is 1. The fourth-order valence-corrected chi connectivity index (χ4v) is 0.439. The SMILES string of the molecule is C[C@H](CBr)CC#N. The van der Waals surface area contributed by atoms with Crippen LogP contribution in [-0.4, -0.2) is 5.33 Å². The third kappa shape index (κ3) is 3.81. The zero-order valence-electron chi connectivity index (χ0n) is 4.32. The maximum atomic E-state index is 8.10. The second-order valence-electron chi connectivity index (χ2n) is 1.62. The summed E-state index contributed by atoms with van der Waals surface area (Å²) < 4.78 is 0. The van der Waals surface area contributed by atoms with Crippen LogP contribution >= 0.6 is 15.9 Å². The molecule has 0 aliphatic rings. The number of nitriles is 1. The zero-order valence-corrected chi connectivity index (χ0v) is 5.90. The largest absolute Gasteiger partial charge is 0.198 e. The fraction of sp³-hybridized carbons (Fsp3) is 0.800. The summed E-state index contributed by atoms with van der Waals surface area (Å²) in [5.41, 5.74) is 0. The summed E-state index contributed by atoms with van der Waals surface area (Å²) in [6.45, 7) is 2.04. The van der Waals surface area contributed by atoms with Crippen molar-refractivity contribution in [3.8, 4) is 6.07 Å². The molecule has 0 N–H and O–H groups in total. The van der Waals surface area contributed by atoms with Gasteiger partial charge in [0.2, 0.25) is 0 Å². The maximum absolute atomic E-state index is 8.10. The Hall–Kier alpha value is -0.0300. The van der Waals surface area contributed by atoms with Gasteiger partial charge in [-0.05, 0) is 5.92 Å². The van der Waals surface area contributed by atoms with Crippen LogP contribution < -0.4 is 0 Å². The van der Waals surface area contributed by atoms with Crippen molar-refractivity contribution in [2.75, 3.05) is 5.33 Å². The summed E-state index contributed by atoms with van der Waals surface area (Å²) >= 11 is 3.26. The van der Waals surface area contributed by atoms with Gasteiger partial charge in [0.15, 0.2) is 0 Å². The Balaban J connectivity index is 3.03. The fourth-order valence-electron chi connectivity index (χ4n) is 0.210. The quantitative estimate of drug-likeness (QED) is 0.569. The van der Waals surface area contributed by atoms with E-state index >= 15 is 0 Å². The van der Waals surface area contributed by atoms with Crippen molar-refractivity contribution in [3.63, 3.8) is 0 Å². The molecule has 0 rings (SSSR count). The lowest BCUT2D eigenvalue weighted by atomic mass is 10.2. The van der Waals surface area contributed by atoms with E-state index < -0.39 is 0 Å². The molecule has 0 aliphatic carbocycles. The van der Waals surface area contributed by atoms with Crippen LogP contribution in [0.5, 0.6) is 0 Å². The summed E-state index contributed by atoms with van der Waals surface area (Å²) in [6.07, 6.45) is 0.658. The van der Waals surface area contributed by atoms with Crippen LogP contribution in [0.3, 0.4) is 0 Å². The first kappa shape index (κ1) is 6.97. The molecule has 0 radical (unpaired) electrons. The van der Waals surface area contributed by atoms with E-state index in [-0.39, 0.29) is 0 Å². The number of hydrogen-bond acceptors (Lipinski definition) is 1. The number of rotatable bonds is 2. The van der Waals surface area contributed by atoms with Crippen molar-refractivity contribution in [2.45, 2.75) is 13.3 Å². The molecule has 1 nitrogen and oxygen atoms in total. The maximum Gasteiger partial charge on any atom is 0.0624 e. The van der Waals surface area contributed by atoms with Gasteiger partial charge in [-0.15, -0.1) is 0 Å². The second kappa shape index (κ2) is 4.14. The summed E-state index contributed by atoms with van der Waals surface area (Å²) in [7, 11) is 0. The van der Waals surface area contributed by atoms with E-state index in [0.29, 0.717) is 12.3 Å². The molecule has 0 saturated heterocycles. The lowest BCUT2D eigenvalue weighted by Crippen LogP contribution is -1.91. The Kier molecular flexibility index (Phi) is 4.12. The number of nitrogens with zero attached hydrogens (tertiary/aromatic N) is 1. The molecule has 0 aromatic carbocycles. The minimum absolute atomic E-state index is 0.505. The smallest absolute Gasteiger partial charge is 0.0624 e. The third-order valence-electron chi connectivity index (χ3n) is 0.703. The van der Waals surface area contributed by atoms with Crippen molar-refractivity contribution in [2.24, 2.45) is 5.92 Å². The normalized spacial score (nSPS) is 12.7. The third-order valence-corrected chi connectivity index (χ3v) is 1.81. The van der Waals surface area contributed by atoms with Gasteiger partial charge in [0.1, 0.15) is 0 Å². The monoisotopic (exact) mass is 161 g/mol. The first-order valence-electron chi connectivity index (χ1n) is 2.24. The Labute approximate surface area is 52.5 Å². The van der Waals surface area contributed by atoms with E-state index in [1.54, 1.807) is 0 Å².